The van der Waals surface area contributed by atoms with E-state index >= 15 is 0 Å². The topological polar surface area (TPSA) is 80.3 Å². The molecule has 1 aromatic rings. The first kappa shape index (κ1) is 14.3. The Balaban J connectivity index is 2.23. The normalized spacial score (nSPS) is 22.3. The maximum atomic E-state index is 12.2. The number of sulfonamides is 1. The van der Waals surface area contributed by atoms with Crippen LogP contribution in [-0.4, -0.2) is 33.6 Å². The minimum absolute atomic E-state index is 0.0501. The molecule has 1 heterocycles. The van der Waals surface area contributed by atoms with Crippen molar-refractivity contribution in [1.29, 1.82) is 0 Å². The van der Waals surface area contributed by atoms with E-state index in [1.807, 2.05) is 26.0 Å². The first-order valence-electron chi connectivity index (χ1n) is 5.99. The molecule has 2 rings (SSSR count). The lowest BCUT2D eigenvalue weighted by Crippen LogP contribution is -2.29. The summed E-state index contributed by atoms with van der Waals surface area (Å²) in [5.41, 5.74) is 2.38. The van der Waals surface area contributed by atoms with E-state index in [0.717, 1.165) is 11.1 Å². The predicted molar refractivity (Wildman–Crippen MR) is 75.5 cm³/mol. The van der Waals surface area contributed by atoms with Crippen LogP contribution in [0.1, 0.15) is 17.5 Å². The molecule has 0 unspecified atom stereocenters. The molecule has 0 saturated carbocycles. The molecule has 0 aliphatic carbocycles. The average Bonchev–Trinajstić information content (AvgIpc) is 2.64. The van der Waals surface area contributed by atoms with Crippen LogP contribution in [0, 0.1) is 13.8 Å². The molecule has 5 nitrogen and oxygen atoms in total. The van der Waals surface area contributed by atoms with Crippen molar-refractivity contribution in [3.8, 4) is 0 Å². The number of hydrogen-bond acceptors (Lipinski definition) is 4. The van der Waals surface area contributed by atoms with Crippen molar-refractivity contribution in [2.24, 2.45) is 0 Å². The van der Waals surface area contributed by atoms with Crippen molar-refractivity contribution in [3.63, 3.8) is 0 Å². The van der Waals surface area contributed by atoms with Gasteiger partial charge in [0.15, 0.2) is 9.84 Å². The number of sulfone groups is 1. The number of anilines is 1. The van der Waals surface area contributed by atoms with Crippen molar-refractivity contribution in [2.45, 2.75) is 25.5 Å². The molecule has 106 valence electrons. The summed E-state index contributed by atoms with van der Waals surface area (Å²) in [5, 5.41) is -0.849. The summed E-state index contributed by atoms with van der Waals surface area (Å²) in [5.74, 6) is -0.335. The summed E-state index contributed by atoms with van der Waals surface area (Å²) in [6, 6.07) is 5.39. The van der Waals surface area contributed by atoms with Crippen LogP contribution in [0.3, 0.4) is 0 Å². The minimum atomic E-state index is -3.65. The second kappa shape index (κ2) is 4.79. The van der Waals surface area contributed by atoms with Crippen LogP contribution in [0.25, 0.3) is 0 Å². The van der Waals surface area contributed by atoms with Crippen molar-refractivity contribution in [3.05, 3.63) is 29.3 Å². The number of hydrogen-bond donors (Lipinski definition) is 1. The highest BCUT2D eigenvalue weighted by Gasteiger charge is 2.37. The summed E-state index contributed by atoms with van der Waals surface area (Å²) < 4.78 is 49.5. The fraction of sp³-hybridized carbons (Fsp3) is 0.500. The molecule has 1 fully saturated rings. The fourth-order valence-electron chi connectivity index (χ4n) is 2.17. The highest BCUT2D eigenvalue weighted by Crippen LogP contribution is 2.23. The molecule has 0 amide bonds. The Morgan fingerprint density at radius 2 is 1.95 bits per heavy atom. The van der Waals surface area contributed by atoms with Gasteiger partial charge in [-0.05, 0) is 31.9 Å². The summed E-state index contributed by atoms with van der Waals surface area (Å²) in [7, 11) is -6.86. The molecule has 7 heteroatoms. The maximum Gasteiger partial charge on any atom is 0.236 e. The van der Waals surface area contributed by atoms with Gasteiger partial charge in [0.25, 0.3) is 0 Å². The molecule has 0 spiro atoms. The molecule has 1 aliphatic rings. The van der Waals surface area contributed by atoms with E-state index in [1.54, 1.807) is 6.07 Å². The Morgan fingerprint density at radius 1 is 1.26 bits per heavy atom. The zero-order valence-electron chi connectivity index (χ0n) is 10.9. The standard InChI is InChI=1S/C12H17NO4S2/c1-9-3-4-12(10(2)7-9)13-19(16,17)11-5-6-18(14,15)8-11/h3-4,7,11,13H,5-6,8H2,1-2H3/t11-/m0/s1. The molecule has 0 radical (unpaired) electrons. The summed E-state index contributed by atoms with van der Waals surface area (Å²) in [6.07, 6.45) is 0.169. The van der Waals surface area contributed by atoms with E-state index in [0.29, 0.717) is 5.69 Å². The first-order valence-corrected chi connectivity index (χ1v) is 9.36. The van der Waals surface area contributed by atoms with Gasteiger partial charge in [0, 0.05) is 0 Å². The second-order valence-electron chi connectivity index (χ2n) is 4.99. The molecular weight excluding hydrogens is 286 g/mol. The van der Waals surface area contributed by atoms with Gasteiger partial charge in [-0.3, -0.25) is 4.72 Å². The Labute approximate surface area is 114 Å². The van der Waals surface area contributed by atoms with Crippen LogP contribution in [0.4, 0.5) is 5.69 Å². The van der Waals surface area contributed by atoms with Gasteiger partial charge in [-0.25, -0.2) is 16.8 Å². The van der Waals surface area contributed by atoms with Gasteiger partial charge in [-0.1, -0.05) is 17.7 Å². The SMILES string of the molecule is Cc1ccc(NS(=O)(=O)[C@H]2CCS(=O)(=O)C2)c(C)c1. The van der Waals surface area contributed by atoms with Crippen LogP contribution in [-0.2, 0) is 19.9 Å². The van der Waals surface area contributed by atoms with Crippen LogP contribution in [0.2, 0.25) is 0 Å². The fourth-order valence-corrected chi connectivity index (χ4v) is 6.33. The minimum Gasteiger partial charge on any atom is -0.283 e. The molecule has 0 aromatic heterocycles. The van der Waals surface area contributed by atoms with Crippen LogP contribution >= 0.6 is 0 Å². The Hall–Kier alpha value is -1.08. The van der Waals surface area contributed by atoms with Gasteiger partial charge in [-0.15, -0.1) is 0 Å². The van der Waals surface area contributed by atoms with Gasteiger partial charge < -0.3 is 0 Å². The van der Waals surface area contributed by atoms with E-state index < -0.39 is 25.1 Å². The first-order chi connectivity index (χ1) is 8.70. The molecular formula is C12H17NO4S2. The lowest BCUT2D eigenvalue weighted by atomic mass is 10.1. The number of aryl methyl sites for hydroxylation is 2. The molecule has 1 N–H and O–H groups in total. The Bertz CT molecular complexity index is 692. The average molecular weight is 303 g/mol. The molecule has 1 atom stereocenters. The number of rotatable bonds is 3. The van der Waals surface area contributed by atoms with Crippen molar-refractivity contribution in [1.82, 2.24) is 0 Å². The second-order valence-corrected chi connectivity index (χ2v) is 9.18. The van der Waals surface area contributed by atoms with Crippen molar-refractivity contribution >= 4 is 25.5 Å². The van der Waals surface area contributed by atoms with Gasteiger partial charge in [0.2, 0.25) is 10.0 Å². The zero-order chi connectivity index (χ0) is 14.3. The van der Waals surface area contributed by atoms with Gasteiger partial charge >= 0.3 is 0 Å². The van der Waals surface area contributed by atoms with Crippen molar-refractivity contribution in [2.75, 3.05) is 16.2 Å². The van der Waals surface area contributed by atoms with Gasteiger partial charge in [0.1, 0.15) is 0 Å². The third-order valence-electron chi connectivity index (χ3n) is 3.26. The number of nitrogens with one attached hydrogen (secondary N) is 1. The van der Waals surface area contributed by atoms with Gasteiger partial charge in [-0.2, -0.15) is 0 Å². The lowest BCUT2D eigenvalue weighted by molar-refractivity contribution is 0.587. The highest BCUT2D eigenvalue weighted by atomic mass is 32.2. The zero-order valence-corrected chi connectivity index (χ0v) is 12.5. The molecule has 19 heavy (non-hydrogen) atoms. The molecule has 1 saturated heterocycles. The van der Waals surface area contributed by atoms with E-state index in [2.05, 4.69) is 4.72 Å². The Morgan fingerprint density at radius 3 is 2.47 bits per heavy atom. The molecule has 1 aromatic carbocycles. The maximum absolute atomic E-state index is 12.2. The highest BCUT2D eigenvalue weighted by molar-refractivity contribution is 7.97. The predicted octanol–water partition coefficient (Wildman–Crippen LogP) is 1.23. The van der Waals surface area contributed by atoms with E-state index in [9.17, 15) is 16.8 Å². The molecule has 1 aliphatic heterocycles. The van der Waals surface area contributed by atoms with Crippen LogP contribution < -0.4 is 4.72 Å². The van der Waals surface area contributed by atoms with Crippen LogP contribution in [0.15, 0.2) is 18.2 Å². The molecule has 0 bridgehead atoms. The quantitative estimate of drug-likeness (QED) is 0.911. The largest absolute Gasteiger partial charge is 0.283 e. The summed E-state index contributed by atoms with van der Waals surface area (Å²) in [4.78, 5) is 0. The van der Waals surface area contributed by atoms with E-state index in [1.165, 1.54) is 0 Å². The van der Waals surface area contributed by atoms with Crippen molar-refractivity contribution < 1.29 is 16.8 Å². The summed E-state index contributed by atoms with van der Waals surface area (Å²) >= 11 is 0. The van der Waals surface area contributed by atoms with Crippen LogP contribution in [0.5, 0.6) is 0 Å². The summed E-state index contributed by atoms with van der Waals surface area (Å²) in [6.45, 7) is 3.74. The Kier molecular flexibility index (Phi) is 3.61. The lowest BCUT2D eigenvalue weighted by Gasteiger charge is -2.14. The monoisotopic (exact) mass is 303 g/mol. The third kappa shape index (κ3) is 3.27. The smallest absolute Gasteiger partial charge is 0.236 e. The van der Waals surface area contributed by atoms with E-state index in [-0.39, 0.29) is 17.9 Å². The van der Waals surface area contributed by atoms with E-state index in [4.69, 9.17) is 0 Å². The third-order valence-corrected chi connectivity index (χ3v) is 7.03. The van der Waals surface area contributed by atoms with Gasteiger partial charge in [0.05, 0.1) is 22.4 Å². The number of benzene rings is 1.